The Balaban J connectivity index is 1.50. The summed E-state index contributed by atoms with van der Waals surface area (Å²) in [5.74, 6) is 0.673. The Morgan fingerprint density at radius 3 is 2.56 bits per heavy atom. The number of carbonyl (C=O) groups is 1. The van der Waals surface area contributed by atoms with E-state index in [2.05, 4.69) is 20.8 Å². The van der Waals surface area contributed by atoms with Gasteiger partial charge in [-0.2, -0.15) is 0 Å². The highest BCUT2D eigenvalue weighted by molar-refractivity contribution is 8.02. The summed E-state index contributed by atoms with van der Waals surface area (Å²) in [7, 11) is 1.79. The van der Waals surface area contributed by atoms with E-state index in [1.54, 1.807) is 7.05 Å². The number of thioether (sulfide) groups is 1. The van der Waals surface area contributed by atoms with Crippen LogP contribution in [0.15, 0.2) is 58.9 Å². The molecule has 0 unspecified atom stereocenters. The SMILES string of the molecule is CNc1nnc(S[C@@H](C)C(=O)Nc2ccc(OCc3ccccc3)cc2)s1. The zero-order valence-corrected chi connectivity index (χ0v) is 16.6. The lowest BCUT2D eigenvalue weighted by molar-refractivity contribution is -0.115. The van der Waals surface area contributed by atoms with Crippen molar-refractivity contribution in [3.8, 4) is 5.75 Å². The molecule has 1 amide bonds. The molecule has 2 N–H and O–H groups in total. The minimum atomic E-state index is -0.281. The maximum Gasteiger partial charge on any atom is 0.237 e. The van der Waals surface area contributed by atoms with Gasteiger partial charge in [0.15, 0.2) is 4.34 Å². The fraction of sp³-hybridized carbons (Fsp3) is 0.211. The second-order valence-electron chi connectivity index (χ2n) is 5.67. The predicted octanol–water partition coefficient (Wildman–Crippen LogP) is 4.28. The number of hydrogen-bond acceptors (Lipinski definition) is 7. The molecule has 2 aromatic carbocycles. The van der Waals surface area contributed by atoms with E-state index in [0.717, 1.165) is 26.5 Å². The van der Waals surface area contributed by atoms with Gasteiger partial charge in [0.05, 0.1) is 5.25 Å². The predicted molar refractivity (Wildman–Crippen MR) is 111 cm³/mol. The van der Waals surface area contributed by atoms with Crippen molar-refractivity contribution in [3.63, 3.8) is 0 Å². The van der Waals surface area contributed by atoms with Crippen molar-refractivity contribution < 1.29 is 9.53 Å². The molecule has 0 bridgehead atoms. The van der Waals surface area contributed by atoms with E-state index >= 15 is 0 Å². The van der Waals surface area contributed by atoms with E-state index in [0.29, 0.717) is 6.61 Å². The van der Waals surface area contributed by atoms with Crippen LogP contribution in [0, 0.1) is 0 Å². The van der Waals surface area contributed by atoms with Gasteiger partial charge in [-0.25, -0.2) is 0 Å². The summed E-state index contributed by atoms with van der Waals surface area (Å²) in [5, 5.41) is 14.3. The largest absolute Gasteiger partial charge is 0.489 e. The van der Waals surface area contributed by atoms with Crippen molar-refractivity contribution >= 4 is 39.8 Å². The normalized spacial score (nSPS) is 11.6. The lowest BCUT2D eigenvalue weighted by Gasteiger charge is -2.11. The van der Waals surface area contributed by atoms with E-state index in [-0.39, 0.29) is 11.2 Å². The highest BCUT2D eigenvalue weighted by Gasteiger charge is 2.17. The zero-order valence-electron chi connectivity index (χ0n) is 15.0. The number of anilines is 2. The van der Waals surface area contributed by atoms with Gasteiger partial charge in [-0.3, -0.25) is 4.79 Å². The summed E-state index contributed by atoms with van der Waals surface area (Å²) in [4.78, 5) is 12.4. The Hall–Kier alpha value is -2.58. The summed E-state index contributed by atoms with van der Waals surface area (Å²) in [6.07, 6.45) is 0. The Morgan fingerprint density at radius 2 is 1.89 bits per heavy atom. The molecule has 1 aromatic heterocycles. The lowest BCUT2D eigenvalue weighted by atomic mass is 10.2. The number of benzene rings is 2. The molecule has 0 fully saturated rings. The quantitative estimate of drug-likeness (QED) is 0.550. The van der Waals surface area contributed by atoms with Crippen LogP contribution in [0.3, 0.4) is 0 Å². The molecule has 8 heteroatoms. The molecule has 1 heterocycles. The number of amides is 1. The minimum absolute atomic E-state index is 0.0841. The second kappa shape index (κ2) is 9.38. The van der Waals surface area contributed by atoms with Gasteiger partial charge in [0, 0.05) is 12.7 Å². The van der Waals surface area contributed by atoms with Crippen LogP contribution < -0.4 is 15.4 Å². The van der Waals surface area contributed by atoms with Gasteiger partial charge in [0.2, 0.25) is 11.0 Å². The van der Waals surface area contributed by atoms with Gasteiger partial charge >= 0.3 is 0 Å². The van der Waals surface area contributed by atoms with Crippen molar-refractivity contribution in [2.24, 2.45) is 0 Å². The molecule has 0 spiro atoms. The van der Waals surface area contributed by atoms with Crippen molar-refractivity contribution in [3.05, 3.63) is 60.2 Å². The Kier molecular flexibility index (Phi) is 6.67. The number of hydrogen-bond donors (Lipinski definition) is 2. The Labute approximate surface area is 166 Å². The van der Waals surface area contributed by atoms with Crippen LogP contribution in [0.4, 0.5) is 10.8 Å². The molecule has 1 atom stereocenters. The van der Waals surface area contributed by atoms with Gasteiger partial charge in [-0.05, 0) is 36.8 Å². The number of aromatic nitrogens is 2. The van der Waals surface area contributed by atoms with Crippen molar-refractivity contribution in [1.82, 2.24) is 10.2 Å². The van der Waals surface area contributed by atoms with Crippen LogP contribution in [0.1, 0.15) is 12.5 Å². The van der Waals surface area contributed by atoms with Crippen LogP contribution in [0.2, 0.25) is 0 Å². The average Bonchev–Trinajstić information content (AvgIpc) is 3.16. The molecule has 0 saturated heterocycles. The van der Waals surface area contributed by atoms with Gasteiger partial charge < -0.3 is 15.4 Å². The van der Waals surface area contributed by atoms with Crippen LogP contribution in [0.5, 0.6) is 5.75 Å². The molecular formula is C19H20N4O2S2. The van der Waals surface area contributed by atoms with Crippen molar-refractivity contribution in [1.29, 1.82) is 0 Å². The molecule has 0 saturated carbocycles. The third-order valence-corrected chi connectivity index (χ3v) is 5.76. The number of nitrogens with zero attached hydrogens (tertiary/aromatic N) is 2. The minimum Gasteiger partial charge on any atom is -0.489 e. The van der Waals surface area contributed by atoms with Crippen LogP contribution >= 0.6 is 23.1 Å². The Morgan fingerprint density at radius 1 is 1.15 bits per heavy atom. The van der Waals surface area contributed by atoms with Gasteiger partial charge in [-0.15, -0.1) is 10.2 Å². The molecule has 0 aliphatic carbocycles. The van der Waals surface area contributed by atoms with Crippen molar-refractivity contribution in [2.45, 2.75) is 23.1 Å². The first kappa shape index (κ1) is 19.2. The highest BCUT2D eigenvalue weighted by Crippen LogP contribution is 2.29. The van der Waals surface area contributed by atoms with Gasteiger partial charge in [-0.1, -0.05) is 53.4 Å². The summed E-state index contributed by atoms with van der Waals surface area (Å²) in [5.41, 5.74) is 1.84. The van der Waals surface area contributed by atoms with Crippen LogP contribution in [-0.2, 0) is 11.4 Å². The van der Waals surface area contributed by atoms with E-state index < -0.39 is 0 Å². The van der Waals surface area contributed by atoms with E-state index in [4.69, 9.17) is 4.74 Å². The smallest absolute Gasteiger partial charge is 0.237 e. The molecule has 0 aliphatic heterocycles. The van der Waals surface area contributed by atoms with Crippen LogP contribution in [0.25, 0.3) is 0 Å². The second-order valence-corrected chi connectivity index (χ2v) is 8.24. The Bertz CT molecular complexity index is 869. The molecule has 3 rings (SSSR count). The average molecular weight is 401 g/mol. The third kappa shape index (κ3) is 5.70. The van der Waals surface area contributed by atoms with Crippen molar-refractivity contribution in [2.75, 3.05) is 17.7 Å². The first-order valence-corrected chi connectivity index (χ1v) is 10.1. The summed E-state index contributed by atoms with van der Waals surface area (Å²) < 4.78 is 6.51. The lowest BCUT2D eigenvalue weighted by Crippen LogP contribution is -2.22. The standard InChI is InChI=1S/C19H20N4O2S2/c1-13(26-19-23-22-18(20-2)27-19)17(24)21-15-8-10-16(11-9-15)25-12-14-6-4-3-5-7-14/h3-11,13H,12H2,1-2H3,(H,20,22)(H,21,24)/t13-/m0/s1. The fourth-order valence-electron chi connectivity index (χ4n) is 2.18. The molecule has 6 nitrogen and oxygen atoms in total. The maximum atomic E-state index is 12.4. The number of nitrogens with one attached hydrogen (secondary N) is 2. The molecule has 0 radical (unpaired) electrons. The number of rotatable bonds is 8. The molecule has 3 aromatic rings. The van der Waals surface area contributed by atoms with Gasteiger partial charge in [0.1, 0.15) is 12.4 Å². The number of ether oxygens (including phenoxy) is 1. The zero-order chi connectivity index (χ0) is 19.1. The molecule has 140 valence electrons. The number of carbonyl (C=O) groups excluding carboxylic acids is 1. The summed E-state index contributed by atoms with van der Waals surface area (Å²) >= 11 is 2.81. The maximum absolute atomic E-state index is 12.4. The molecule has 0 aliphatic rings. The van der Waals surface area contributed by atoms with E-state index in [1.807, 2.05) is 61.5 Å². The topological polar surface area (TPSA) is 76.1 Å². The summed E-state index contributed by atoms with van der Waals surface area (Å²) in [6, 6.07) is 17.3. The first-order valence-electron chi connectivity index (χ1n) is 8.39. The highest BCUT2D eigenvalue weighted by atomic mass is 32.2. The van der Waals surface area contributed by atoms with Gasteiger partial charge in [0.25, 0.3) is 0 Å². The van der Waals surface area contributed by atoms with Crippen LogP contribution in [-0.4, -0.2) is 28.4 Å². The molecular weight excluding hydrogens is 380 g/mol. The van der Waals surface area contributed by atoms with E-state index in [9.17, 15) is 4.79 Å². The van der Waals surface area contributed by atoms with E-state index in [1.165, 1.54) is 23.1 Å². The summed E-state index contributed by atoms with van der Waals surface area (Å²) in [6.45, 7) is 2.36. The molecule has 27 heavy (non-hydrogen) atoms. The monoisotopic (exact) mass is 400 g/mol. The fourth-order valence-corrected chi connectivity index (χ4v) is 4.03. The first-order chi connectivity index (χ1) is 13.1. The third-order valence-electron chi connectivity index (χ3n) is 3.64.